The highest BCUT2D eigenvalue weighted by molar-refractivity contribution is 7.90. The Morgan fingerprint density at radius 1 is 1.26 bits per heavy atom. The first-order valence-electron chi connectivity index (χ1n) is 9.99. The van der Waals surface area contributed by atoms with Gasteiger partial charge in [0.2, 0.25) is 0 Å². The van der Waals surface area contributed by atoms with Gasteiger partial charge in [0.15, 0.2) is 0 Å². The lowest BCUT2D eigenvalue weighted by Gasteiger charge is -2.10. The monoisotopic (exact) mass is 438 g/mol. The van der Waals surface area contributed by atoms with Crippen LogP contribution in [0.5, 0.6) is 0 Å². The van der Waals surface area contributed by atoms with Gasteiger partial charge in [0, 0.05) is 29.8 Å². The molecule has 3 rings (SSSR count). The van der Waals surface area contributed by atoms with Crippen molar-refractivity contribution >= 4 is 27.0 Å². The van der Waals surface area contributed by atoms with Crippen molar-refractivity contribution in [3.63, 3.8) is 0 Å². The summed E-state index contributed by atoms with van der Waals surface area (Å²) in [5.41, 5.74) is 15.6. The highest BCUT2D eigenvalue weighted by Gasteiger charge is 2.16. The van der Waals surface area contributed by atoms with Gasteiger partial charge in [-0.2, -0.15) is 10.4 Å². The molecule has 31 heavy (non-hydrogen) atoms. The van der Waals surface area contributed by atoms with Crippen LogP contribution < -0.4 is 11.5 Å². The van der Waals surface area contributed by atoms with E-state index in [1.54, 1.807) is 23.1 Å². The second kappa shape index (κ2) is 9.62. The molecule has 2 heterocycles. The Balaban J connectivity index is 1.86. The van der Waals surface area contributed by atoms with Gasteiger partial charge in [-0.25, -0.2) is 18.1 Å². The highest BCUT2D eigenvalue weighted by atomic mass is 32.2. The summed E-state index contributed by atoms with van der Waals surface area (Å²) >= 11 is 0. The standard InChI is InChI=1S/C22H26N6O2S/c1-31(29,30)12-10-17(13-23)16-5-3-2-4-6-19(8-7-16)28-15-18(14-27-28)20-9-11-26-22(25)21(20)24/h5-9,11,14-15,17H,2-4,10,12,24H2,1H3,(H2,25,26)/b8-7+,16-5+,19-6+. The van der Waals surface area contributed by atoms with Crippen molar-refractivity contribution in [2.45, 2.75) is 25.7 Å². The van der Waals surface area contributed by atoms with Crippen molar-refractivity contribution in [1.82, 2.24) is 14.8 Å². The number of hydrogen-bond donors (Lipinski definition) is 2. The molecule has 4 N–H and O–H groups in total. The van der Waals surface area contributed by atoms with E-state index in [-0.39, 0.29) is 18.0 Å². The number of hydrogen-bond acceptors (Lipinski definition) is 7. The molecule has 1 aliphatic rings. The zero-order chi connectivity index (χ0) is 22.4. The molecule has 8 nitrogen and oxygen atoms in total. The Morgan fingerprint density at radius 2 is 2.03 bits per heavy atom. The van der Waals surface area contributed by atoms with E-state index in [0.29, 0.717) is 5.69 Å². The molecule has 2 aromatic rings. The van der Waals surface area contributed by atoms with E-state index >= 15 is 0 Å². The fourth-order valence-electron chi connectivity index (χ4n) is 3.36. The minimum Gasteiger partial charge on any atom is -0.395 e. The zero-order valence-corrected chi connectivity index (χ0v) is 18.2. The number of anilines is 2. The highest BCUT2D eigenvalue weighted by Crippen LogP contribution is 2.29. The van der Waals surface area contributed by atoms with E-state index in [0.717, 1.165) is 41.7 Å². The number of nitriles is 1. The third-order valence-corrected chi connectivity index (χ3v) is 6.08. The van der Waals surface area contributed by atoms with Crippen molar-refractivity contribution in [3.8, 4) is 17.2 Å². The number of nitrogens with two attached hydrogens (primary N) is 2. The second-order valence-electron chi connectivity index (χ2n) is 7.53. The molecular formula is C22H26N6O2S. The van der Waals surface area contributed by atoms with E-state index in [2.05, 4.69) is 22.2 Å². The molecule has 0 saturated carbocycles. The molecule has 0 bridgehead atoms. The van der Waals surface area contributed by atoms with E-state index in [4.69, 9.17) is 11.5 Å². The Labute approximate surface area is 182 Å². The molecule has 1 unspecified atom stereocenters. The molecule has 1 aliphatic carbocycles. The lowest BCUT2D eigenvalue weighted by Crippen LogP contribution is -2.10. The first-order chi connectivity index (χ1) is 14.8. The SMILES string of the molecule is CS(=O)(=O)CCC(C#N)C1=C\CCC\C=C(n2cc(-c3ccnc(N)c3N)cn2)/C=C/1. The van der Waals surface area contributed by atoms with Crippen LogP contribution in [0.1, 0.15) is 25.7 Å². The third-order valence-electron chi connectivity index (χ3n) is 5.10. The van der Waals surface area contributed by atoms with Gasteiger partial charge < -0.3 is 11.5 Å². The first kappa shape index (κ1) is 22.3. The quantitative estimate of drug-likeness (QED) is 0.705. The van der Waals surface area contributed by atoms with Crippen LogP contribution >= 0.6 is 0 Å². The van der Waals surface area contributed by atoms with Crippen LogP contribution in [0.3, 0.4) is 0 Å². The lowest BCUT2D eigenvalue weighted by atomic mass is 9.96. The summed E-state index contributed by atoms with van der Waals surface area (Å²) in [5, 5.41) is 14.1. The summed E-state index contributed by atoms with van der Waals surface area (Å²) in [4.78, 5) is 3.99. The second-order valence-corrected chi connectivity index (χ2v) is 9.79. The Hall–Kier alpha value is -3.38. The van der Waals surface area contributed by atoms with E-state index in [1.165, 1.54) is 6.26 Å². The number of allylic oxidation sites excluding steroid dienone is 6. The van der Waals surface area contributed by atoms with Crippen LogP contribution in [-0.4, -0.2) is 35.2 Å². The van der Waals surface area contributed by atoms with Gasteiger partial charge in [0.05, 0.1) is 35.3 Å². The van der Waals surface area contributed by atoms with Crippen molar-refractivity contribution < 1.29 is 8.42 Å². The fourth-order valence-corrected chi connectivity index (χ4v) is 4.03. The Morgan fingerprint density at radius 3 is 2.77 bits per heavy atom. The molecule has 0 amide bonds. The number of nitrogens with zero attached hydrogens (tertiary/aromatic N) is 4. The lowest BCUT2D eigenvalue weighted by molar-refractivity contribution is 0.595. The largest absolute Gasteiger partial charge is 0.395 e. The average molecular weight is 439 g/mol. The number of aromatic nitrogens is 3. The topological polar surface area (TPSA) is 141 Å². The van der Waals surface area contributed by atoms with Crippen LogP contribution in [0.25, 0.3) is 16.8 Å². The minimum atomic E-state index is -3.13. The fraction of sp³-hybridized carbons (Fsp3) is 0.318. The molecule has 9 heteroatoms. The summed E-state index contributed by atoms with van der Waals surface area (Å²) in [6.07, 6.45) is 17.1. The van der Waals surface area contributed by atoms with Crippen LogP contribution in [0.2, 0.25) is 0 Å². The molecule has 0 aliphatic heterocycles. The molecule has 1 atom stereocenters. The maximum Gasteiger partial charge on any atom is 0.147 e. The number of nitrogen functional groups attached to an aromatic ring is 2. The van der Waals surface area contributed by atoms with Gasteiger partial charge in [-0.05, 0) is 43.4 Å². The molecule has 0 saturated heterocycles. The zero-order valence-electron chi connectivity index (χ0n) is 17.4. The van der Waals surface area contributed by atoms with Gasteiger partial charge in [-0.15, -0.1) is 0 Å². The van der Waals surface area contributed by atoms with E-state index < -0.39 is 15.8 Å². The molecule has 0 aromatic carbocycles. The number of rotatable bonds is 6. The van der Waals surface area contributed by atoms with Gasteiger partial charge >= 0.3 is 0 Å². The summed E-state index contributed by atoms with van der Waals surface area (Å²) < 4.78 is 24.8. The summed E-state index contributed by atoms with van der Waals surface area (Å²) in [6.45, 7) is 0. The van der Waals surface area contributed by atoms with Gasteiger partial charge in [-0.3, -0.25) is 0 Å². The van der Waals surface area contributed by atoms with Crippen LogP contribution in [0, 0.1) is 17.2 Å². The predicted octanol–water partition coefficient (Wildman–Crippen LogP) is 3.19. The molecule has 0 radical (unpaired) electrons. The summed E-state index contributed by atoms with van der Waals surface area (Å²) in [6, 6.07) is 4.04. The maximum atomic E-state index is 11.5. The Bertz CT molecular complexity index is 1180. The van der Waals surface area contributed by atoms with Crippen molar-refractivity contribution in [1.29, 1.82) is 5.26 Å². The first-order valence-corrected chi connectivity index (χ1v) is 12.1. The van der Waals surface area contributed by atoms with Crippen LogP contribution in [0.15, 0.2) is 54.5 Å². The third kappa shape index (κ3) is 5.83. The molecule has 0 fully saturated rings. The Kier molecular flexibility index (Phi) is 6.92. The summed E-state index contributed by atoms with van der Waals surface area (Å²) in [5.74, 6) is -0.214. The van der Waals surface area contributed by atoms with Crippen molar-refractivity contribution in [2.75, 3.05) is 23.5 Å². The van der Waals surface area contributed by atoms with Gasteiger partial charge in [0.25, 0.3) is 0 Å². The normalized spacial score (nSPS) is 20.1. The van der Waals surface area contributed by atoms with E-state index in [1.807, 2.05) is 24.4 Å². The van der Waals surface area contributed by atoms with Crippen LogP contribution in [-0.2, 0) is 9.84 Å². The van der Waals surface area contributed by atoms with Gasteiger partial charge in [0.1, 0.15) is 15.7 Å². The smallest absolute Gasteiger partial charge is 0.147 e. The van der Waals surface area contributed by atoms with Crippen molar-refractivity contribution in [2.24, 2.45) is 5.92 Å². The average Bonchev–Trinajstić information content (AvgIpc) is 3.23. The minimum absolute atomic E-state index is 0.0158. The molecule has 162 valence electrons. The number of pyridine rings is 1. The molecule has 2 aromatic heterocycles. The molecule has 0 spiro atoms. The molecular weight excluding hydrogens is 412 g/mol. The van der Waals surface area contributed by atoms with Crippen LogP contribution in [0.4, 0.5) is 11.5 Å². The summed E-state index contributed by atoms with van der Waals surface area (Å²) in [7, 11) is -3.13. The van der Waals surface area contributed by atoms with Crippen molar-refractivity contribution in [3.05, 3.63) is 54.5 Å². The number of sulfone groups is 1. The van der Waals surface area contributed by atoms with E-state index in [9.17, 15) is 13.7 Å². The maximum absolute atomic E-state index is 11.5. The predicted molar refractivity (Wildman–Crippen MR) is 123 cm³/mol. The van der Waals surface area contributed by atoms with Gasteiger partial charge in [-0.1, -0.05) is 18.2 Å².